The van der Waals surface area contributed by atoms with E-state index in [1.807, 2.05) is 34.8 Å². The second kappa shape index (κ2) is 6.62. The largest absolute Gasteiger partial charge is 0.470 e. The molecule has 0 unspecified atom stereocenters. The van der Waals surface area contributed by atoms with Gasteiger partial charge in [-0.3, -0.25) is 9.97 Å². The van der Waals surface area contributed by atoms with Crippen LogP contribution in [0.1, 0.15) is 54.3 Å². The zero-order valence-electron chi connectivity index (χ0n) is 15.9. The van der Waals surface area contributed by atoms with Gasteiger partial charge in [-0.1, -0.05) is 30.3 Å². The van der Waals surface area contributed by atoms with Gasteiger partial charge in [-0.05, 0) is 37.5 Å². The first kappa shape index (κ1) is 16.6. The third-order valence-corrected chi connectivity index (χ3v) is 6.14. The van der Waals surface area contributed by atoms with E-state index in [1.54, 1.807) is 18.6 Å². The van der Waals surface area contributed by atoms with Gasteiger partial charge >= 0.3 is 0 Å². The number of fused-ring (bicyclic) bond motifs is 3. The number of rotatable bonds is 4. The minimum Gasteiger partial charge on any atom is -0.470 e. The van der Waals surface area contributed by atoms with E-state index in [0.717, 1.165) is 22.7 Å². The van der Waals surface area contributed by atoms with E-state index in [9.17, 15) is 0 Å². The van der Waals surface area contributed by atoms with Crippen molar-refractivity contribution >= 4 is 5.65 Å². The van der Waals surface area contributed by atoms with Gasteiger partial charge in [-0.15, -0.1) is 15.3 Å². The lowest BCUT2D eigenvalue weighted by atomic mass is 9.67. The van der Waals surface area contributed by atoms with Crippen LogP contribution in [0.25, 0.3) is 17.0 Å². The van der Waals surface area contributed by atoms with Crippen LogP contribution in [0.5, 0.6) is 5.88 Å². The van der Waals surface area contributed by atoms with Gasteiger partial charge in [-0.25, -0.2) is 0 Å². The van der Waals surface area contributed by atoms with Gasteiger partial charge in [-0.2, -0.15) is 4.52 Å². The Morgan fingerprint density at radius 3 is 2.48 bits per heavy atom. The van der Waals surface area contributed by atoms with Crippen molar-refractivity contribution in [3.05, 3.63) is 65.7 Å². The van der Waals surface area contributed by atoms with Gasteiger partial charge < -0.3 is 4.74 Å². The average Bonchev–Trinajstić information content (AvgIpc) is 3.23. The van der Waals surface area contributed by atoms with Gasteiger partial charge in [0.1, 0.15) is 6.61 Å². The number of hydrogen-bond donors (Lipinski definition) is 0. The molecular formula is C22H20N6O. The Kier molecular flexibility index (Phi) is 3.78. The molecule has 4 aromatic rings. The molecular weight excluding hydrogens is 364 g/mol. The first-order valence-corrected chi connectivity index (χ1v) is 10.1. The summed E-state index contributed by atoms with van der Waals surface area (Å²) in [5.74, 6) is 2.42. The summed E-state index contributed by atoms with van der Waals surface area (Å²) in [5.41, 5.74) is 5.17. The highest BCUT2D eigenvalue weighted by atomic mass is 16.5. The monoisotopic (exact) mass is 384 g/mol. The molecule has 1 aromatic carbocycles. The number of benzene rings is 1. The molecule has 0 atom stereocenters. The van der Waals surface area contributed by atoms with Gasteiger partial charge in [0.25, 0.3) is 0 Å². The van der Waals surface area contributed by atoms with E-state index in [1.165, 1.54) is 36.8 Å². The fourth-order valence-electron chi connectivity index (χ4n) is 4.81. The number of nitrogens with zero attached hydrogens (tertiary/aromatic N) is 6. The van der Waals surface area contributed by atoms with Crippen LogP contribution in [-0.2, 0) is 6.61 Å². The fraction of sp³-hybridized carbons (Fsp3) is 0.318. The van der Waals surface area contributed by atoms with Crippen LogP contribution in [0.4, 0.5) is 0 Å². The van der Waals surface area contributed by atoms with Gasteiger partial charge in [0.2, 0.25) is 5.88 Å². The highest BCUT2D eigenvalue weighted by molar-refractivity contribution is 5.65. The van der Waals surface area contributed by atoms with E-state index < -0.39 is 0 Å². The van der Waals surface area contributed by atoms with E-state index in [4.69, 9.17) is 9.84 Å². The highest BCUT2D eigenvalue weighted by Gasteiger charge is 2.39. The molecule has 3 heterocycles. The molecule has 0 spiro atoms. The maximum absolute atomic E-state index is 6.22. The van der Waals surface area contributed by atoms with Crippen LogP contribution in [0.15, 0.2) is 48.9 Å². The Morgan fingerprint density at radius 2 is 1.72 bits per heavy atom. The van der Waals surface area contributed by atoms with Crippen molar-refractivity contribution in [3.8, 4) is 17.3 Å². The zero-order chi connectivity index (χ0) is 19.2. The maximum Gasteiger partial charge on any atom is 0.236 e. The summed E-state index contributed by atoms with van der Waals surface area (Å²) >= 11 is 0. The highest BCUT2D eigenvalue weighted by Crippen LogP contribution is 2.53. The van der Waals surface area contributed by atoms with E-state index in [-0.39, 0.29) is 0 Å². The van der Waals surface area contributed by atoms with Crippen LogP contribution in [-0.4, -0.2) is 29.8 Å². The van der Waals surface area contributed by atoms with Crippen LogP contribution in [0.3, 0.4) is 0 Å². The Balaban J connectivity index is 1.52. The van der Waals surface area contributed by atoms with Crippen molar-refractivity contribution in [2.45, 2.75) is 44.1 Å². The topological polar surface area (TPSA) is 78.1 Å². The molecule has 7 nitrogen and oxygen atoms in total. The lowest BCUT2D eigenvalue weighted by Crippen LogP contribution is -2.25. The first-order valence-electron chi connectivity index (χ1n) is 10.1. The summed E-state index contributed by atoms with van der Waals surface area (Å²) in [6.07, 6.45) is 9.86. The van der Waals surface area contributed by atoms with Gasteiger partial charge in [0, 0.05) is 29.1 Å². The lowest BCUT2D eigenvalue weighted by molar-refractivity contribution is 0.264. The zero-order valence-corrected chi connectivity index (χ0v) is 15.9. The van der Waals surface area contributed by atoms with Crippen molar-refractivity contribution in [3.63, 3.8) is 0 Å². The molecule has 3 aliphatic carbocycles. The number of aromatic nitrogens is 6. The molecule has 0 aliphatic heterocycles. The summed E-state index contributed by atoms with van der Waals surface area (Å²) in [6.45, 7) is 0.346. The molecule has 1 saturated carbocycles. The second-order valence-corrected chi connectivity index (χ2v) is 7.79. The summed E-state index contributed by atoms with van der Waals surface area (Å²) in [4.78, 5) is 8.45. The quantitative estimate of drug-likeness (QED) is 0.531. The fourth-order valence-corrected chi connectivity index (χ4v) is 4.81. The molecule has 0 amide bonds. The van der Waals surface area contributed by atoms with Crippen molar-refractivity contribution in [2.75, 3.05) is 0 Å². The molecule has 0 N–H and O–H groups in total. The summed E-state index contributed by atoms with van der Waals surface area (Å²) in [5, 5.41) is 13.9. The Labute approximate surface area is 167 Å². The predicted molar refractivity (Wildman–Crippen MR) is 107 cm³/mol. The molecule has 144 valence electrons. The summed E-state index contributed by atoms with van der Waals surface area (Å²) in [6, 6.07) is 10.1. The molecule has 29 heavy (non-hydrogen) atoms. The van der Waals surface area contributed by atoms with Crippen LogP contribution in [0.2, 0.25) is 0 Å². The van der Waals surface area contributed by atoms with E-state index in [2.05, 4.69) is 20.2 Å². The molecule has 7 rings (SSSR count). The Hall–Kier alpha value is -3.35. The molecule has 3 aromatic heterocycles. The van der Waals surface area contributed by atoms with Gasteiger partial charge in [0.15, 0.2) is 11.5 Å². The van der Waals surface area contributed by atoms with Crippen LogP contribution >= 0.6 is 0 Å². The van der Waals surface area contributed by atoms with E-state index >= 15 is 0 Å². The second-order valence-electron chi connectivity index (χ2n) is 7.79. The Morgan fingerprint density at radius 1 is 0.931 bits per heavy atom. The third kappa shape index (κ3) is 2.68. The number of hydrogen-bond acceptors (Lipinski definition) is 6. The molecule has 0 radical (unpaired) electrons. The summed E-state index contributed by atoms with van der Waals surface area (Å²) in [7, 11) is 0. The Bertz CT molecular complexity index is 1170. The minimum absolute atomic E-state index is 0.346. The van der Waals surface area contributed by atoms with Gasteiger partial charge in [0.05, 0.1) is 11.9 Å². The smallest absolute Gasteiger partial charge is 0.236 e. The minimum atomic E-state index is 0.346. The van der Waals surface area contributed by atoms with Crippen molar-refractivity contribution in [1.29, 1.82) is 0 Å². The predicted octanol–water partition coefficient (Wildman–Crippen LogP) is 3.92. The van der Waals surface area contributed by atoms with E-state index in [0.29, 0.717) is 24.3 Å². The molecule has 2 bridgehead atoms. The average molecular weight is 384 g/mol. The van der Waals surface area contributed by atoms with Crippen LogP contribution < -0.4 is 4.74 Å². The summed E-state index contributed by atoms with van der Waals surface area (Å²) < 4.78 is 8.08. The van der Waals surface area contributed by atoms with Crippen LogP contribution in [0, 0.1) is 0 Å². The first-order chi connectivity index (χ1) is 14.4. The van der Waals surface area contributed by atoms with Crippen molar-refractivity contribution in [1.82, 2.24) is 29.8 Å². The SMILES string of the molecule is c1ccc(-c2nnc3c4c(c(OCc5cnccn5)nn23)C2CCC4CC2)cc1. The molecule has 7 heteroatoms. The lowest BCUT2D eigenvalue weighted by Gasteiger charge is -2.38. The number of ether oxygens (including phenoxy) is 1. The molecule has 0 saturated heterocycles. The molecule has 3 aliphatic rings. The molecule has 1 fully saturated rings. The van der Waals surface area contributed by atoms with Crippen molar-refractivity contribution in [2.24, 2.45) is 0 Å². The standard InChI is InChI=1S/C22H20N6O/c1-2-4-16(5-3-1)20-25-26-21-18-14-6-8-15(9-7-14)19(18)22(27-28(20)21)29-13-17-12-23-10-11-24-17/h1-5,10-12,14-15H,6-9,13H2. The van der Waals surface area contributed by atoms with Crippen molar-refractivity contribution < 1.29 is 4.74 Å². The maximum atomic E-state index is 6.22. The normalized spacial score (nSPS) is 20.0. The third-order valence-electron chi connectivity index (χ3n) is 6.14.